The maximum atomic E-state index is 12.0. The highest BCUT2D eigenvalue weighted by Crippen LogP contribution is 2.27. The number of hydrogen-bond acceptors (Lipinski definition) is 3. The van der Waals surface area contributed by atoms with Gasteiger partial charge in [-0.2, -0.15) is 0 Å². The quantitative estimate of drug-likeness (QED) is 0.641. The van der Waals surface area contributed by atoms with Crippen molar-refractivity contribution >= 4 is 38.3 Å². The van der Waals surface area contributed by atoms with Crippen molar-refractivity contribution in [1.82, 2.24) is 0 Å². The Kier molecular flexibility index (Phi) is 3.76. The monoisotopic (exact) mass is 375 g/mol. The highest BCUT2D eigenvalue weighted by Gasteiger charge is 2.15. The Morgan fingerprint density at radius 3 is 2.39 bits per heavy atom. The van der Waals surface area contributed by atoms with Gasteiger partial charge in [-0.3, -0.25) is 4.72 Å². The molecule has 0 aliphatic carbocycles. The third-order valence-electron chi connectivity index (χ3n) is 2.26. The van der Waals surface area contributed by atoms with Gasteiger partial charge in [0.05, 0.1) is 10.6 Å². The number of halogens is 1. The van der Waals surface area contributed by atoms with Crippen molar-refractivity contribution in [2.24, 2.45) is 0 Å². The number of anilines is 1. The first-order valence-electron chi connectivity index (χ1n) is 5.05. The average molecular weight is 375 g/mol. The molecule has 0 fully saturated rings. The summed E-state index contributed by atoms with van der Waals surface area (Å²) >= 11 is 2.04. The number of phenolic OH excluding ortho intramolecular Hbond substituents is 1. The molecule has 2 aromatic carbocycles. The van der Waals surface area contributed by atoms with Crippen molar-refractivity contribution in [2.75, 3.05) is 4.72 Å². The van der Waals surface area contributed by atoms with Gasteiger partial charge in [0.25, 0.3) is 10.0 Å². The molecule has 4 nitrogen and oxygen atoms in total. The van der Waals surface area contributed by atoms with Crippen LogP contribution in [-0.4, -0.2) is 13.5 Å². The Morgan fingerprint density at radius 2 is 1.72 bits per heavy atom. The molecule has 2 aromatic rings. The van der Waals surface area contributed by atoms with Gasteiger partial charge in [-0.15, -0.1) is 0 Å². The highest BCUT2D eigenvalue weighted by atomic mass is 127. The summed E-state index contributed by atoms with van der Waals surface area (Å²) in [6.07, 6.45) is 0. The molecule has 0 saturated heterocycles. The molecule has 0 amide bonds. The van der Waals surface area contributed by atoms with E-state index in [1.807, 2.05) is 22.6 Å². The van der Waals surface area contributed by atoms with Gasteiger partial charge in [-0.05, 0) is 52.9 Å². The number of rotatable bonds is 3. The molecule has 0 aliphatic heterocycles. The maximum Gasteiger partial charge on any atom is 0.262 e. The van der Waals surface area contributed by atoms with Gasteiger partial charge in [-0.1, -0.05) is 18.2 Å². The first kappa shape index (κ1) is 13.2. The van der Waals surface area contributed by atoms with Crippen molar-refractivity contribution in [1.29, 1.82) is 0 Å². The summed E-state index contributed by atoms with van der Waals surface area (Å²) in [5, 5.41) is 9.61. The molecule has 0 bridgehead atoms. The normalized spacial score (nSPS) is 11.2. The predicted octanol–water partition coefficient (Wildman–Crippen LogP) is 2.80. The van der Waals surface area contributed by atoms with Crippen LogP contribution in [0, 0.1) is 3.57 Å². The zero-order valence-corrected chi connectivity index (χ0v) is 12.1. The average Bonchev–Trinajstić information content (AvgIpc) is 2.35. The van der Waals surface area contributed by atoms with Crippen molar-refractivity contribution in [3.63, 3.8) is 0 Å². The topological polar surface area (TPSA) is 66.4 Å². The molecule has 0 aromatic heterocycles. The third-order valence-corrected chi connectivity index (χ3v) is 4.31. The van der Waals surface area contributed by atoms with Crippen LogP contribution in [0.3, 0.4) is 0 Å². The van der Waals surface area contributed by atoms with E-state index in [0.29, 0.717) is 0 Å². The molecule has 0 atom stereocenters. The Balaban J connectivity index is 2.37. The Morgan fingerprint density at radius 1 is 1.06 bits per heavy atom. The molecule has 0 radical (unpaired) electrons. The zero-order valence-electron chi connectivity index (χ0n) is 9.17. The van der Waals surface area contributed by atoms with E-state index < -0.39 is 10.0 Å². The minimum Gasteiger partial charge on any atom is -0.506 e. The summed E-state index contributed by atoms with van der Waals surface area (Å²) in [7, 11) is -3.67. The fourth-order valence-corrected chi connectivity index (χ4v) is 2.97. The molecule has 2 N–H and O–H groups in total. The largest absolute Gasteiger partial charge is 0.506 e. The number of nitrogens with one attached hydrogen (secondary N) is 1. The molecule has 0 saturated carbocycles. The van der Waals surface area contributed by atoms with Crippen LogP contribution >= 0.6 is 22.6 Å². The molecule has 2 rings (SSSR count). The highest BCUT2D eigenvalue weighted by molar-refractivity contribution is 14.1. The zero-order chi connectivity index (χ0) is 13.2. The summed E-state index contributed by atoms with van der Waals surface area (Å²) in [5.74, 6) is -0.102. The maximum absolute atomic E-state index is 12.0. The molecule has 0 spiro atoms. The van der Waals surface area contributed by atoms with Crippen molar-refractivity contribution in [2.45, 2.75) is 4.90 Å². The number of sulfonamides is 1. The van der Waals surface area contributed by atoms with Gasteiger partial charge in [0.1, 0.15) is 5.75 Å². The van der Waals surface area contributed by atoms with E-state index in [1.165, 1.54) is 18.2 Å². The molecule has 0 unspecified atom stereocenters. The molecule has 6 heteroatoms. The van der Waals surface area contributed by atoms with E-state index in [9.17, 15) is 13.5 Å². The second-order valence-electron chi connectivity index (χ2n) is 3.58. The summed E-state index contributed by atoms with van der Waals surface area (Å²) < 4.78 is 27.3. The van der Waals surface area contributed by atoms with Crippen molar-refractivity contribution < 1.29 is 13.5 Å². The standard InChI is InChI=1S/C12H10INO3S/c13-9-6-7-12(15)11(8-9)14-18(16,17)10-4-2-1-3-5-10/h1-8,14-15H. The van der Waals surface area contributed by atoms with Gasteiger partial charge in [-0.25, -0.2) is 8.42 Å². The minimum atomic E-state index is -3.67. The first-order chi connectivity index (χ1) is 8.49. The van der Waals surface area contributed by atoms with E-state index >= 15 is 0 Å². The van der Waals surface area contributed by atoms with Crippen LogP contribution in [0.4, 0.5) is 5.69 Å². The molecule has 0 heterocycles. The fourth-order valence-electron chi connectivity index (χ4n) is 1.39. The second kappa shape index (κ2) is 5.15. The van der Waals surface area contributed by atoms with E-state index in [0.717, 1.165) is 3.57 Å². The summed E-state index contributed by atoms with van der Waals surface area (Å²) in [4.78, 5) is 0.156. The van der Waals surface area contributed by atoms with Crippen molar-refractivity contribution in [3.05, 3.63) is 52.1 Å². The number of aromatic hydroxyl groups is 1. The Hall–Kier alpha value is -1.28. The molecule has 94 valence electrons. The van der Waals surface area contributed by atoms with E-state index in [2.05, 4.69) is 4.72 Å². The molecule has 18 heavy (non-hydrogen) atoms. The van der Waals surface area contributed by atoms with E-state index in [-0.39, 0.29) is 16.3 Å². The van der Waals surface area contributed by atoms with Gasteiger partial charge in [0.2, 0.25) is 0 Å². The van der Waals surface area contributed by atoms with Crippen molar-refractivity contribution in [3.8, 4) is 5.75 Å². The Bertz CT molecular complexity index is 656. The SMILES string of the molecule is O=S(=O)(Nc1cc(I)ccc1O)c1ccccc1. The molecular weight excluding hydrogens is 365 g/mol. The van der Waals surface area contributed by atoms with Gasteiger partial charge in [0.15, 0.2) is 0 Å². The molecular formula is C12H10INO3S. The van der Waals surface area contributed by atoms with Crippen LogP contribution in [0.2, 0.25) is 0 Å². The first-order valence-corrected chi connectivity index (χ1v) is 7.61. The van der Waals surface area contributed by atoms with Crippen LogP contribution in [0.5, 0.6) is 5.75 Å². The van der Waals surface area contributed by atoms with Crippen LogP contribution in [-0.2, 0) is 10.0 Å². The number of hydrogen-bond donors (Lipinski definition) is 2. The fraction of sp³-hybridized carbons (Fsp3) is 0. The van der Waals surface area contributed by atoms with Crippen LogP contribution in [0.1, 0.15) is 0 Å². The van der Waals surface area contributed by atoms with E-state index in [1.54, 1.807) is 30.3 Å². The molecule has 0 aliphatic rings. The number of phenols is 1. The minimum absolute atomic E-state index is 0.102. The van der Waals surface area contributed by atoms with Crippen LogP contribution in [0.25, 0.3) is 0 Å². The van der Waals surface area contributed by atoms with Gasteiger partial charge >= 0.3 is 0 Å². The summed E-state index contributed by atoms with van der Waals surface area (Å²) in [5.41, 5.74) is 0.172. The summed E-state index contributed by atoms with van der Waals surface area (Å²) in [6, 6.07) is 12.7. The lowest BCUT2D eigenvalue weighted by molar-refractivity contribution is 0.477. The third kappa shape index (κ3) is 2.94. The van der Waals surface area contributed by atoms with Crippen LogP contribution < -0.4 is 4.72 Å². The van der Waals surface area contributed by atoms with Crippen LogP contribution in [0.15, 0.2) is 53.4 Å². The lowest BCUT2D eigenvalue weighted by atomic mass is 10.3. The predicted molar refractivity (Wildman–Crippen MR) is 78.1 cm³/mol. The lowest BCUT2D eigenvalue weighted by Crippen LogP contribution is -2.12. The Labute approximate surface area is 119 Å². The smallest absolute Gasteiger partial charge is 0.262 e. The van der Waals surface area contributed by atoms with Gasteiger partial charge in [0, 0.05) is 3.57 Å². The number of benzene rings is 2. The lowest BCUT2D eigenvalue weighted by Gasteiger charge is -2.09. The second-order valence-corrected chi connectivity index (χ2v) is 6.51. The van der Waals surface area contributed by atoms with E-state index in [4.69, 9.17) is 0 Å². The summed E-state index contributed by atoms with van der Waals surface area (Å²) in [6.45, 7) is 0. The van der Waals surface area contributed by atoms with Gasteiger partial charge < -0.3 is 5.11 Å².